The minimum atomic E-state index is -2.67. The van der Waals surface area contributed by atoms with Crippen molar-refractivity contribution in [2.24, 2.45) is 10.8 Å². The molecule has 32 heteroatoms. The number of rotatable bonds is 22. The number of likely N-dealkylation sites (N-methyl/N-ethyl adjacent to an activating group) is 1. The van der Waals surface area contributed by atoms with Crippen LogP contribution in [0.3, 0.4) is 0 Å². The van der Waals surface area contributed by atoms with Gasteiger partial charge in [0.05, 0.1) is 84.8 Å². The van der Waals surface area contributed by atoms with Crippen LogP contribution in [0.15, 0.2) is 176 Å². The van der Waals surface area contributed by atoms with Crippen LogP contribution in [-0.2, 0) is 13.7 Å². The predicted molar refractivity (Wildman–Crippen MR) is 540 cm³/mol. The second-order valence-corrected chi connectivity index (χ2v) is 47.4. The molecular formula is C97H116Cl4N19O6P3. The van der Waals surface area contributed by atoms with Gasteiger partial charge in [-0.25, -0.2) is 15.0 Å². The molecule has 0 saturated carbocycles. The zero-order valence-electron chi connectivity index (χ0n) is 75.5. The highest BCUT2D eigenvalue weighted by Crippen LogP contribution is 2.50. The first kappa shape index (κ1) is 92.6. The number of aromatic nitrogens is 6. The molecule has 3 aromatic heterocycles. The van der Waals surface area contributed by atoms with E-state index in [1.165, 1.54) is 96.8 Å². The molecule has 9 aromatic carbocycles. The van der Waals surface area contributed by atoms with Crippen LogP contribution in [0.5, 0.6) is 17.2 Å². The molecule has 0 unspecified atom stereocenters. The lowest BCUT2D eigenvalue weighted by Gasteiger charge is -2.53. The van der Waals surface area contributed by atoms with Gasteiger partial charge >= 0.3 is 0 Å². The van der Waals surface area contributed by atoms with E-state index >= 15 is 0 Å². The molecule has 0 atom stereocenters. The summed E-state index contributed by atoms with van der Waals surface area (Å²) in [6.07, 6.45) is 14.3. The Morgan fingerprint density at radius 1 is 0.357 bits per heavy atom. The molecule has 0 aliphatic carbocycles. The molecule has 0 bridgehead atoms. The summed E-state index contributed by atoms with van der Waals surface area (Å²) in [5, 5.41) is 29.8. The number of piperidine rings is 4. The third kappa shape index (κ3) is 21.4. The Morgan fingerprint density at radius 3 is 1.10 bits per heavy atom. The SMILES string of the molecule is COc1cc(N2CCC(N3CCN(C)CC3)CC2)ccc1Nc1ncc(Cl)c(Nc2ccc3ccccc3c2P(C)(C)=O)n1.COc1cc(N2CCC3(CC2)CN(C)C3)ccc1Nc1ncc(Cl)c(Nc2ccc3ccccc3c2P(C)(C)=O)n1.COc1cc(N2CCC3(CCN(C)CC3)CC2)c(Cl)cc1Nc1ncc(Cl)c(Nc2ccc3ccccc3c2P(C)(C)=O)n1. The van der Waals surface area contributed by atoms with Gasteiger partial charge in [-0.2, -0.15) is 15.0 Å². The van der Waals surface area contributed by atoms with Gasteiger partial charge in [-0.3, -0.25) is 4.90 Å². The second kappa shape index (κ2) is 39.4. The summed E-state index contributed by atoms with van der Waals surface area (Å²) in [5.41, 5.74) is 8.52. The number of likely N-dealkylation sites (tertiary alicyclic amines) is 2. The van der Waals surface area contributed by atoms with Crippen molar-refractivity contribution in [3.05, 3.63) is 196 Å². The molecule has 6 fully saturated rings. The lowest BCUT2D eigenvalue weighted by atomic mass is 9.71. The summed E-state index contributed by atoms with van der Waals surface area (Å²) in [4.78, 5) is 44.4. The number of nitrogens with zero attached hydrogens (tertiary/aromatic N) is 13. The van der Waals surface area contributed by atoms with Gasteiger partial charge in [0.1, 0.15) is 53.7 Å². The fourth-order valence-electron chi connectivity index (χ4n) is 19.3. The molecule has 678 valence electrons. The van der Waals surface area contributed by atoms with Crippen LogP contribution in [0.1, 0.15) is 51.4 Å². The minimum Gasteiger partial charge on any atom is -0.494 e. The zero-order valence-corrected chi connectivity index (χ0v) is 81.2. The maximum absolute atomic E-state index is 13.4. The summed E-state index contributed by atoms with van der Waals surface area (Å²) >= 11 is 26.5. The maximum Gasteiger partial charge on any atom is 0.229 e. The number of nitrogens with one attached hydrogen (secondary N) is 6. The molecule has 2 spiro atoms. The van der Waals surface area contributed by atoms with Gasteiger partial charge in [-0.05, 0) is 217 Å². The number of anilines is 15. The van der Waals surface area contributed by atoms with E-state index in [1.807, 2.05) is 133 Å². The van der Waals surface area contributed by atoms with Gasteiger partial charge in [0, 0.05) is 130 Å². The number of piperazine rings is 1. The van der Waals surface area contributed by atoms with Crippen molar-refractivity contribution in [1.29, 1.82) is 0 Å². The third-order valence-corrected chi connectivity index (χ3v) is 32.0. The van der Waals surface area contributed by atoms with Gasteiger partial charge < -0.3 is 89.2 Å². The summed E-state index contributed by atoms with van der Waals surface area (Å²) in [6.45, 7) is 26.2. The van der Waals surface area contributed by atoms with E-state index in [4.69, 9.17) is 60.6 Å². The van der Waals surface area contributed by atoms with E-state index in [9.17, 15) is 13.7 Å². The normalized spacial score (nSPS) is 17.1. The molecule has 6 saturated heterocycles. The molecule has 25 nitrogen and oxygen atoms in total. The first-order chi connectivity index (χ1) is 61.9. The molecule has 6 aliphatic heterocycles. The van der Waals surface area contributed by atoms with Gasteiger partial charge in [0.2, 0.25) is 17.8 Å². The zero-order chi connectivity index (χ0) is 90.7. The van der Waals surface area contributed by atoms with Gasteiger partial charge in [-0.1, -0.05) is 137 Å². The van der Waals surface area contributed by atoms with Crippen LogP contribution in [0.4, 0.5) is 86.5 Å². The Labute approximate surface area is 777 Å². The highest BCUT2D eigenvalue weighted by molar-refractivity contribution is 7.71. The number of fused-ring (bicyclic) bond motifs is 3. The first-order valence-electron chi connectivity index (χ1n) is 44.1. The van der Waals surface area contributed by atoms with E-state index < -0.39 is 21.4 Å². The third-order valence-electron chi connectivity index (χ3n) is 26.2. The average molecular weight is 1880 g/mol. The van der Waals surface area contributed by atoms with Crippen molar-refractivity contribution in [3.8, 4) is 17.2 Å². The van der Waals surface area contributed by atoms with E-state index in [-0.39, 0.29) is 0 Å². The molecule has 6 aliphatic rings. The second-order valence-electron chi connectivity index (χ2n) is 36.3. The average Bonchev–Trinajstić information content (AvgIpc) is 0.777. The molecule has 18 rings (SSSR count). The number of hydrogen-bond donors (Lipinski definition) is 6. The van der Waals surface area contributed by atoms with Crippen LogP contribution in [-0.4, -0.2) is 230 Å². The Kier molecular flexibility index (Phi) is 28.3. The quantitative estimate of drug-likeness (QED) is 0.0345. The van der Waals surface area contributed by atoms with Crippen LogP contribution in [0, 0.1) is 10.8 Å². The van der Waals surface area contributed by atoms with E-state index in [1.54, 1.807) is 73.7 Å². The van der Waals surface area contributed by atoms with Crippen molar-refractivity contribution in [2.45, 2.75) is 57.4 Å². The summed E-state index contributed by atoms with van der Waals surface area (Å²) in [6, 6.07) is 52.5. The number of ether oxygens (including phenoxy) is 3. The van der Waals surface area contributed by atoms with Gasteiger partial charge in [0.15, 0.2) is 17.5 Å². The Hall–Kier alpha value is -9.71. The first-order valence-corrected chi connectivity index (χ1v) is 53.4. The Balaban J connectivity index is 0.000000142. The predicted octanol–water partition coefficient (Wildman–Crippen LogP) is 20.8. The lowest BCUT2D eigenvalue weighted by molar-refractivity contribution is 0.00131. The van der Waals surface area contributed by atoms with Crippen LogP contribution in [0.25, 0.3) is 32.3 Å². The molecule has 0 amide bonds. The topological polar surface area (TPSA) is 251 Å². The molecule has 129 heavy (non-hydrogen) atoms. The minimum absolute atomic E-state index is 0.319. The molecule has 12 aromatic rings. The highest BCUT2D eigenvalue weighted by atomic mass is 35.5. The smallest absolute Gasteiger partial charge is 0.229 e. The molecular weight excluding hydrogens is 1760 g/mol. The van der Waals surface area contributed by atoms with E-state index in [0.717, 1.165) is 129 Å². The van der Waals surface area contributed by atoms with E-state index in [0.29, 0.717) is 112 Å². The molecule has 6 N–H and O–H groups in total. The Bertz CT molecular complexity index is 6230. The lowest BCUT2D eigenvalue weighted by Crippen LogP contribution is -2.58. The van der Waals surface area contributed by atoms with Crippen molar-refractivity contribution in [2.75, 3.05) is 221 Å². The maximum atomic E-state index is 13.4. The van der Waals surface area contributed by atoms with Crippen molar-refractivity contribution >= 4 is 203 Å². The monoisotopic (exact) mass is 1880 g/mol. The summed E-state index contributed by atoms with van der Waals surface area (Å²) < 4.78 is 57.5. The Morgan fingerprint density at radius 2 is 0.705 bits per heavy atom. The number of methoxy groups -OCH3 is 3. The highest BCUT2D eigenvalue weighted by Gasteiger charge is 2.44. The van der Waals surface area contributed by atoms with Crippen LogP contribution in [0.2, 0.25) is 20.1 Å². The van der Waals surface area contributed by atoms with Crippen molar-refractivity contribution in [3.63, 3.8) is 0 Å². The largest absolute Gasteiger partial charge is 0.494 e. The molecule has 9 heterocycles. The summed E-state index contributed by atoms with van der Waals surface area (Å²) in [7, 11) is 3.66. The van der Waals surface area contributed by atoms with Crippen LogP contribution < -0.4 is 76.7 Å². The number of hydrogen-bond acceptors (Lipinski definition) is 25. The number of halogens is 4. The van der Waals surface area contributed by atoms with Gasteiger partial charge in [-0.15, -0.1) is 0 Å². The van der Waals surface area contributed by atoms with Crippen LogP contribution >= 0.6 is 67.8 Å². The van der Waals surface area contributed by atoms with E-state index in [2.05, 4.69) is 142 Å². The molecule has 0 radical (unpaired) electrons. The van der Waals surface area contributed by atoms with Crippen molar-refractivity contribution in [1.82, 2.24) is 49.5 Å². The fraction of sp³-hybridized carbons (Fsp3) is 0.381. The standard InChI is InChI=1S/C33H39Cl2N6O2P.C33H41ClN7O2P.C31H36ClN6O2P/c1-40-15-11-33(12-16-40)13-17-41(18-14-33)28-20-29(43-2)27(19-24(28)34)38-32-36-21-25(35)31(39-32)37-26-10-9-22-7-5-6-8-23(22)30(26)44(3,4)42;1-39-17-19-41(20-18-39)24-13-15-40(16-14-24)25-10-12-28(30(21-25)43-2)37-33-35-22-27(34)32(38-33)36-29-11-9-23-7-5-6-8-26(23)31(29)44(3,4)42;1-37-19-31(20-37)13-15-38(16-14-31)22-10-12-25(27(17-22)40-2)35-30-33-18-24(32)29(36-30)34-26-11-9-21-7-5-6-8-23(21)28(26)41(3,4)39/h5-10,19-21H,11-18H2,1-4H3,(H2,36,37,38,39);5-12,21-22,24H,13-20H2,1-4H3,(H2,35,36,37,38);5-12,17-18H,13-16,19-20H2,1-4H3,(H2,33,34,35,36). The summed E-state index contributed by atoms with van der Waals surface area (Å²) in [5.74, 6) is 4.38. The number of benzene rings is 9. The fourth-order valence-corrected chi connectivity index (χ4v) is 24.4. The van der Waals surface area contributed by atoms with Gasteiger partial charge in [0.25, 0.3) is 0 Å². The van der Waals surface area contributed by atoms with Crippen molar-refractivity contribution < 1.29 is 27.9 Å².